The van der Waals surface area contributed by atoms with Crippen LogP contribution in [0.2, 0.25) is 0 Å². The minimum atomic E-state index is -0.187. The van der Waals surface area contributed by atoms with Crippen molar-refractivity contribution >= 4 is 5.91 Å². The number of pyridine rings is 1. The summed E-state index contributed by atoms with van der Waals surface area (Å²) in [5.41, 5.74) is 1.26. The number of aliphatic hydroxyl groups is 1. The van der Waals surface area contributed by atoms with Crippen molar-refractivity contribution in [2.75, 3.05) is 19.7 Å². The zero-order valence-corrected chi connectivity index (χ0v) is 11.4. The second kappa shape index (κ2) is 5.64. The van der Waals surface area contributed by atoms with Gasteiger partial charge < -0.3 is 10.0 Å². The predicted molar refractivity (Wildman–Crippen MR) is 74.9 cm³/mol. The van der Waals surface area contributed by atoms with Crippen molar-refractivity contribution in [2.24, 2.45) is 11.8 Å². The molecule has 2 aliphatic rings. The van der Waals surface area contributed by atoms with Crippen molar-refractivity contribution in [1.82, 2.24) is 9.88 Å². The lowest BCUT2D eigenvalue weighted by Crippen LogP contribution is -2.29. The fourth-order valence-corrected chi connectivity index (χ4v) is 3.35. The van der Waals surface area contributed by atoms with Crippen LogP contribution < -0.4 is 0 Å². The third-order valence-corrected chi connectivity index (χ3v) is 4.31. The molecule has 4 nitrogen and oxygen atoms in total. The lowest BCUT2D eigenvalue weighted by atomic mass is 10.0. The average molecular weight is 270 g/mol. The molecule has 1 N–H and O–H groups in total. The Morgan fingerprint density at radius 1 is 1.35 bits per heavy atom. The van der Waals surface area contributed by atoms with E-state index in [2.05, 4.69) is 16.8 Å². The second-order valence-corrected chi connectivity index (χ2v) is 5.58. The van der Waals surface area contributed by atoms with Crippen molar-refractivity contribution in [3.8, 4) is 11.8 Å². The summed E-state index contributed by atoms with van der Waals surface area (Å²) in [6, 6.07) is 1.76. The van der Waals surface area contributed by atoms with E-state index in [0.717, 1.165) is 13.1 Å². The van der Waals surface area contributed by atoms with Gasteiger partial charge in [-0.3, -0.25) is 9.78 Å². The first kappa shape index (κ1) is 13.1. The zero-order chi connectivity index (χ0) is 13.9. The van der Waals surface area contributed by atoms with Crippen LogP contribution in [0.5, 0.6) is 0 Å². The third kappa shape index (κ3) is 2.54. The Morgan fingerprint density at radius 2 is 2.10 bits per heavy atom. The molecular formula is C16H18N2O2. The van der Waals surface area contributed by atoms with Gasteiger partial charge in [-0.2, -0.15) is 0 Å². The van der Waals surface area contributed by atoms with Crippen molar-refractivity contribution in [3.63, 3.8) is 0 Å². The average Bonchev–Trinajstić information content (AvgIpc) is 3.06. The van der Waals surface area contributed by atoms with Gasteiger partial charge >= 0.3 is 0 Å². The fraction of sp³-hybridized carbons (Fsp3) is 0.500. The van der Waals surface area contributed by atoms with Gasteiger partial charge in [-0.15, -0.1) is 0 Å². The number of fused-ring (bicyclic) bond motifs is 1. The molecule has 0 bridgehead atoms. The molecule has 1 aliphatic carbocycles. The number of amides is 1. The molecule has 2 fully saturated rings. The summed E-state index contributed by atoms with van der Waals surface area (Å²) in [6.45, 7) is 1.58. The molecule has 1 aliphatic heterocycles. The number of hydrogen-bond donors (Lipinski definition) is 1. The summed E-state index contributed by atoms with van der Waals surface area (Å²) in [6.07, 6.45) is 7.04. The Labute approximate surface area is 118 Å². The van der Waals surface area contributed by atoms with Crippen LogP contribution in [0.25, 0.3) is 0 Å². The first-order valence-electron chi connectivity index (χ1n) is 7.12. The lowest BCUT2D eigenvalue weighted by molar-refractivity contribution is 0.0780. The fourth-order valence-electron chi connectivity index (χ4n) is 3.35. The topological polar surface area (TPSA) is 53.4 Å². The third-order valence-electron chi connectivity index (χ3n) is 4.31. The van der Waals surface area contributed by atoms with Gasteiger partial charge in [-0.25, -0.2) is 0 Å². The van der Waals surface area contributed by atoms with E-state index in [1.165, 1.54) is 19.3 Å². The van der Waals surface area contributed by atoms with Gasteiger partial charge in [0.25, 0.3) is 5.91 Å². The quantitative estimate of drug-likeness (QED) is 0.783. The normalized spacial score (nSPS) is 24.1. The van der Waals surface area contributed by atoms with Crippen LogP contribution in [0.4, 0.5) is 0 Å². The summed E-state index contributed by atoms with van der Waals surface area (Å²) >= 11 is 0. The molecule has 1 saturated carbocycles. The van der Waals surface area contributed by atoms with E-state index in [9.17, 15) is 4.79 Å². The van der Waals surface area contributed by atoms with Crippen molar-refractivity contribution in [2.45, 2.75) is 19.3 Å². The van der Waals surface area contributed by atoms with E-state index in [0.29, 0.717) is 23.0 Å². The number of aromatic nitrogens is 1. The van der Waals surface area contributed by atoms with Crippen LogP contribution in [0.15, 0.2) is 18.5 Å². The highest BCUT2D eigenvalue weighted by atomic mass is 16.2. The number of rotatable bonds is 1. The van der Waals surface area contributed by atoms with E-state index in [-0.39, 0.29) is 12.5 Å². The molecule has 1 aromatic heterocycles. The number of carbonyl (C=O) groups is 1. The number of likely N-dealkylation sites (tertiary alicyclic amines) is 1. The van der Waals surface area contributed by atoms with Gasteiger partial charge in [0.2, 0.25) is 0 Å². The number of nitrogens with zero attached hydrogens (tertiary/aromatic N) is 2. The van der Waals surface area contributed by atoms with Crippen LogP contribution in [-0.2, 0) is 0 Å². The van der Waals surface area contributed by atoms with Crippen LogP contribution in [0.3, 0.4) is 0 Å². The summed E-state index contributed by atoms with van der Waals surface area (Å²) in [5, 5.41) is 8.70. The van der Waals surface area contributed by atoms with Gasteiger partial charge in [0, 0.05) is 31.0 Å². The minimum absolute atomic E-state index is 0.0551. The van der Waals surface area contributed by atoms with Gasteiger partial charge in [-0.1, -0.05) is 18.3 Å². The molecule has 2 unspecified atom stereocenters. The molecular weight excluding hydrogens is 252 g/mol. The van der Waals surface area contributed by atoms with Crippen molar-refractivity contribution in [1.29, 1.82) is 0 Å². The van der Waals surface area contributed by atoms with E-state index >= 15 is 0 Å². The Balaban J connectivity index is 1.74. The number of aliphatic hydroxyl groups excluding tert-OH is 1. The Bertz CT molecular complexity index is 561. The molecule has 1 aromatic rings. The van der Waals surface area contributed by atoms with Gasteiger partial charge in [0.15, 0.2) is 0 Å². The van der Waals surface area contributed by atoms with E-state index < -0.39 is 0 Å². The van der Waals surface area contributed by atoms with E-state index in [4.69, 9.17) is 5.11 Å². The monoisotopic (exact) mass is 270 g/mol. The number of carbonyl (C=O) groups excluding carboxylic acids is 1. The van der Waals surface area contributed by atoms with Crippen LogP contribution in [0, 0.1) is 23.7 Å². The molecule has 4 heteroatoms. The van der Waals surface area contributed by atoms with Crippen molar-refractivity contribution < 1.29 is 9.90 Å². The lowest BCUT2D eigenvalue weighted by Gasteiger charge is -2.17. The smallest absolute Gasteiger partial charge is 0.255 e. The largest absolute Gasteiger partial charge is 0.384 e. The summed E-state index contributed by atoms with van der Waals surface area (Å²) in [5.74, 6) is 6.81. The van der Waals surface area contributed by atoms with E-state index in [1.54, 1.807) is 18.5 Å². The summed E-state index contributed by atoms with van der Waals surface area (Å²) in [7, 11) is 0. The number of hydrogen-bond acceptors (Lipinski definition) is 3. The zero-order valence-electron chi connectivity index (χ0n) is 11.4. The highest BCUT2D eigenvalue weighted by Crippen LogP contribution is 2.38. The maximum Gasteiger partial charge on any atom is 0.255 e. The van der Waals surface area contributed by atoms with Crippen LogP contribution >= 0.6 is 0 Å². The highest BCUT2D eigenvalue weighted by molar-refractivity contribution is 5.94. The SMILES string of the molecule is O=C(c1cncc(C#CCO)c1)N1CC2CCCC2C1. The maximum absolute atomic E-state index is 12.5. The molecule has 20 heavy (non-hydrogen) atoms. The summed E-state index contributed by atoms with van der Waals surface area (Å²) < 4.78 is 0. The van der Waals surface area contributed by atoms with E-state index in [1.807, 2.05) is 4.90 Å². The molecule has 2 heterocycles. The predicted octanol–water partition coefficient (Wildman–Crippen LogP) is 1.30. The second-order valence-electron chi connectivity index (χ2n) is 5.58. The molecule has 0 aromatic carbocycles. The highest BCUT2D eigenvalue weighted by Gasteiger charge is 2.38. The molecule has 2 atom stereocenters. The van der Waals surface area contributed by atoms with Crippen LogP contribution in [-0.4, -0.2) is 40.6 Å². The Kier molecular flexibility index (Phi) is 3.70. The first-order valence-corrected chi connectivity index (χ1v) is 7.12. The molecule has 0 radical (unpaired) electrons. The molecule has 104 valence electrons. The van der Waals surface area contributed by atoms with Gasteiger partial charge in [-0.05, 0) is 30.7 Å². The Morgan fingerprint density at radius 3 is 2.80 bits per heavy atom. The van der Waals surface area contributed by atoms with Crippen LogP contribution in [0.1, 0.15) is 35.2 Å². The molecule has 0 spiro atoms. The minimum Gasteiger partial charge on any atom is -0.384 e. The maximum atomic E-state index is 12.5. The van der Waals surface area contributed by atoms with Gasteiger partial charge in [0.05, 0.1) is 5.56 Å². The first-order chi connectivity index (χ1) is 9.78. The standard InChI is InChI=1S/C16H18N2O2/c19-6-2-3-12-7-15(9-17-8-12)16(20)18-10-13-4-1-5-14(13)11-18/h7-9,13-14,19H,1,4-6,10-11H2. The Hall–Kier alpha value is -1.86. The molecule has 1 amide bonds. The molecule has 3 rings (SSSR count). The summed E-state index contributed by atoms with van der Waals surface area (Å²) in [4.78, 5) is 18.5. The van der Waals surface area contributed by atoms with Crippen molar-refractivity contribution in [3.05, 3.63) is 29.6 Å². The van der Waals surface area contributed by atoms with Gasteiger partial charge in [0.1, 0.15) is 6.61 Å². The molecule has 1 saturated heterocycles.